The van der Waals surface area contributed by atoms with Crippen LogP contribution in [0.3, 0.4) is 0 Å². The van der Waals surface area contributed by atoms with Crippen molar-refractivity contribution in [3.8, 4) is 0 Å². The summed E-state index contributed by atoms with van der Waals surface area (Å²) in [6.07, 6.45) is 0. The second kappa shape index (κ2) is 15.3. The molecule has 0 radical (unpaired) electrons. The third-order valence-corrected chi connectivity index (χ3v) is 3.47. The molecule has 0 aromatic heterocycles. The van der Waals surface area contributed by atoms with Crippen LogP contribution in [0.25, 0.3) is 0 Å². The van der Waals surface area contributed by atoms with E-state index in [0.717, 1.165) is 0 Å². The van der Waals surface area contributed by atoms with E-state index in [1.165, 1.54) is 0 Å². The van der Waals surface area contributed by atoms with Gasteiger partial charge in [0.1, 0.15) is 0 Å². The Hall–Kier alpha value is -0.240. The summed E-state index contributed by atoms with van der Waals surface area (Å²) in [5, 5.41) is 0. The molecule has 140 valence electrons. The molecule has 0 unspecified atom stereocenters. The summed E-state index contributed by atoms with van der Waals surface area (Å²) in [7, 11) is 3.33. The van der Waals surface area contributed by atoms with E-state index in [1.807, 2.05) is 0 Å². The smallest absolute Gasteiger partial charge is 0.0701 e. The lowest BCUT2D eigenvalue weighted by molar-refractivity contribution is -0.0367. The quantitative estimate of drug-likeness (QED) is 0.402. The Labute approximate surface area is 141 Å². The van der Waals surface area contributed by atoms with Crippen LogP contribution >= 0.6 is 0 Å². The van der Waals surface area contributed by atoms with E-state index < -0.39 is 0 Å². The van der Waals surface area contributed by atoms with Crippen LogP contribution < -0.4 is 0 Å². The van der Waals surface area contributed by atoms with Gasteiger partial charge in [-0.1, -0.05) is 20.8 Å². The van der Waals surface area contributed by atoms with Crippen LogP contribution in [0.5, 0.6) is 0 Å². The Balaban J connectivity index is 3.70. The lowest BCUT2D eigenvalue weighted by atomic mass is 9.82. The molecule has 0 aliphatic heterocycles. The van der Waals surface area contributed by atoms with E-state index in [9.17, 15) is 0 Å². The Morgan fingerprint density at radius 3 is 1.26 bits per heavy atom. The van der Waals surface area contributed by atoms with Gasteiger partial charge in [-0.05, 0) is 5.41 Å². The predicted molar refractivity (Wildman–Crippen MR) is 90.0 cm³/mol. The standard InChI is InChI=1S/C17H36O6/c1-17(2,3)16(14-22-12-10-20-8-6-18-4)15-23-13-11-21-9-7-19-5/h16H,6-15H2,1-5H3. The van der Waals surface area contributed by atoms with E-state index >= 15 is 0 Å². The molecule has 0 spiro atoms. The summed E-state index contributed by atoms with van der Waals surface area (Å²) < 4.78 is 32.0. The zero-order valence-corrected chi connectivity index (χ0v) is 15.6. The van der Waals surface area contributed by atoms with Gasteiger partial charge in [0.05, 0.1) is 66.1 Å². The summed E-state index contributed by atoms with van der Waals surface area (Å²) >= 11 is 0. The average Bonchev–Trinajstić information content (AvgIpc) is 2.50. The van der Waals surface area contributed by atoms with Crippen LogP contribution in [0.15, 0.2) is 0 Å². The van der Waals surface area contributed by atoms with Crippen molar-refractivity contribution >= 4 is 0 Å². The molecular formula is C17H36O6. The molecule has 0 amide bonds. The van der Waals surface area contributed by atoms with E-state index in [2.05, 4.69) is 20.8 Å². The van der Waals surface area contributed by atoms with Crippen molar-refractivity contribution in [2.45, 2.75) is 20.8 Å². The highest BCUT2D eigenvalue weighted by Gasteiger charge is 2.25. The molecule has 0 bridgehead atoms. The molecular weight excluding hydrogens is 300 g/mol. The van der Waals surface area contributed by atoms with Gasteiger partial charge in [-0.25, -0.2) is 0 Å². The highest BCUT2D eigenvalue weighted by Crippen LogP contribution is 2.26. The van der Waals surface area contributed by atoms with E-state index in [-0.39, 0.29) is 5.41 Å². The lowest BCUT2D eigenvalue weighted by Gasteiger charge is -2.30. The summed E-state index contributed by atoms with van der Waals surface area (Å²) in [6.45, 7) is 12.8. The van der Waals surface area contributed by atoms with Gasteiger partial charge in [-0.15, -0.1) is 0 Å². The number of rotatable bonds is 16. The fraction of sp³-hybridized carbons (Fsp3) is 1.00. The third kappa shape index (κ3) is 15.1. The van der Waals surface area contributed by atoms with Gasteiger partial charge in [-0.3, -0.25) is 0 Å². The van der Waals surface area contributed by atoms with E-state index in [4.69, 9.17) is 28.4 Å². The number of ether oxygens (including phenoxy) is 6. The molecule has 6 nitrogen and oxygen atoms in total. The van der Waals surface area contributed by atoms with Crippen molar-refractivity contribution < 1.29 is 28.4 Å². The van der Waals surface area contributed by atoms with Gasteiger partial charge in [0.2, 0.25) is 0 Å². The van der Waals surface area contributed by atoms with E-state index in [0.29, 0.717) is 72.0 Å². The third-order valence-electron chi connectivity index (χ3n) is 3.47. The van der Waals surface area contributed by atoms with Crippen molar-refractivity contribution in [2.24, 2.45) is 11.3 Å². The zero-order chi connectivity index (χ0) is 17.4. The maximum Gasteiger partial charge on any atom is 0.0701 e. The maximum atomic E-state index is 5.72. The molecule has 0 saturated heterocycles. The summed E-state index contributed by atoms with van der Waals surface area (Å²) in [5.41, 5.74) is 0.133. The number of hydrogen-bond acceptors (Lipinski definition) is 6. The van der Waals surface area contributed by atoms with Gasteiger partial charge in [0.25, 0.3) is 0 Å². The van der Waals surface area contributed by atoms with Crippen LogP contribution in [-0.4, -0.2) is 80.3 Å². The number of methoxy groups -OCH3 is 2. The Morgan fingerprint density at radius 1 is 0.565 bits per heavy atom. The molecule has 0 fully saturated rings. The van der Waals surface area contributed by atoms with Gasteiger partial charge in [0.15, 0.2) is 0 Å². The first-order valence-electron chi connectivity index (χ1n) is 8.31. The minimum Gasteiger partial charge on any atom is -0.382 e. The molecule has 6 heteroatoms. The summed E-state index contributed by atoms with van der Waals surface area (Å²) in [6, 6.07) is 0. The molecule has 0 aromatic rings. The lowest BCUT2D eigenvalue weighted by Crippen LogP contribution is -2.30. The van der Waals surface area contributed by atoms with Crippen LogP contribution in [-0.2, 0) is 28.4 Å². The van der Waals surface area contributed by atoms with Gasteiger partial charge in [-0.2, -0.15) is 0 Å². The Morgan fingerprint density at radius 2 is 0.913 bits per heavy atom. The first-order valence-corrected chi connectivity index (χ1v) is 8.31. The van der Waals surface area contributed by atoms with Gasteiger partial charge in [0, 0.05) is 20.1 Å². The van der Waals surface area contributed by atoms with Gasteiger partial charge < -0.3 is 28.4 Å². The first-order chi connectivity index (χ1) is 11.0. The topological polar surface area (TPSA) is 55.4 Å². The first kappa shape index (κ1) is 22.8. The minimum absolute atomic E-state index is 0.133. The molecule has 0 N–H and O–H groups in total. The minimum atomic E-state index is 0.133. The maximum absolute atomic E-state index is 5.72. The molecule has 0 aliphatic carbocycles. The molecule has 0 aliphatic rings. The van der Waals surface area contributed by atoms with Crippen molar-refractivity contribution in [3.63, 3.8) is 0 Å². The highest BCUT2D eigenvalue weighted by atomic mass is 16.5. The second-order valence-corrected chi connectivity index (χ2v) is 6.42. The summed E-state index contributed by atoms with van der Waals surface area (Å²) in [5.74, 6) is 0.334. The normalized spacial score (nSPS) is 12.3. The second-order valence-electron chi connectivity index (χ2n) is 6.42. The zero-order valence-electron chi connectivity index (χ0n) is 15.6. The van der Waals surface area contributed by atoms with Crippen LogP contribution in [0.2, 0.25) is 0 Å². The molecule has 0 rings (SSSR count). The fourth-order valence-electron chi connectivity index (χ4n) is 1.72. The molecule has 0 aromatic carbocycles. The SMILES string of the molecule is COCCOCCOCC(COCCOCCOC)C(C)(C)C. The van der Waals surface area contributed by atoms with Crippen molar-refractivity contribution in [2.75, 3.05) is 80.3 Å². The molecule has 23 heavy (non-hydrogen) atoms. The Bertz CT molecular complexity index is 224. The van der Waals surface area contributed by atoms with Crippen molar-refractivity contribution in [1.29, 1.82) is 0 Å². The van der Waals surface area contributed by atoms with Crippen molar-refractivity contribution in [3.05, 3.63) is 0 Å². The highest BCUT2D eigenvalue weighted by molar-refractivity contribution is 4.73. The van der Waals surface area contributed by atoms with Crippen LogP contribution in [0, 0.1) is 11.3 Å². The van der Waals surface area contributed by atoms with E-state index in [1.54, 1.807) is 14.2 Å². The number of hydrogen-bond donors (Lipinski definition) is 0. The van der Waals surface area contributed by atoms with Crippen LogP contribution in [0.1, 0.15) is 20.8 Å². The average molecular weight is 336 g/mol. The van der Waals surface area contributed by atoms with Crippen LogP contribution in [0.4, 0.5) is 0 Å². The fourth-order valence-corrected chi connectivity index (χ4v) is 1.72. The van der Waals surface area contributed by atoms with Crippen molar-refractivity contribution in [1.82, 2.24) is 0 Å². The monoisotopic (exact) mass is 336 g/mol. The molecule has 0 heterocycles. The van der Waals surface area contributed by atoms with Gasteiger partial charge >= 0.3 is 0 Å². The Kier molecular flexibility index (Phi) is 15.1. The molecule has 0 saturated carbocycles. The predicted octanol–water partition coefficient (Wildman–Crippen LogP) is 2.01. The largest absolute Gasteiger partial charge is 0.382 e. The molecule has 0 atom stereocenters. The summed E-state index contributed by atoms with van der Waals surface area (Å²) in [4.78, 5) is 0.